The summed E-state index contributed by atoms with van der Waals surface area (Å²) in [6, 6.07) is 95.1. The van der Waals surface area contributed by atoms with E-state index in [1.165, 1.54) is 44.2 Å². The van der Waals surface area contributed by atoms with Gasteiger partial charge in [-0.3, -0.25) is 0 Å². The molecule has 12 aromatic rings. The standard InChI is InChI=1S/C64H43N3/c1-6-23-45(24-7-1)60-43-55-54(63-61(46-25-8-2-9-26-46)62(65-67(60)63)47-27-10-3-11-28-47)36-21-39-59(55)66(58-38-20-29-44-22-16-17-34-51(44)58)50-40-41-53-52-35-18-19-37-56(52)64(57(53)42-50,48-30-12-4-13-31-48)49-32-14-5-15-33-49/h1-43H. The number of anilines is 3. The van der Waals surface area contributed by atoms with Crippen molar-refractivity contribution in [1.82, 2.24) is 9.61 Å². The average molecular weight is 854 g/mol. The predicted octanol–water partition coefficient (Wildman–Crippen LogP) is 16.5. The third-order valence-corrected chi connectivity index (χ3v) is 13.9. The Labute approximate surface area is 390 Å². The molecule has 1 aliphatic carbocycles. The number of fused-ring (bicyclic) bond motifs is 7. The molecule has 3 nitrogen and oxygen atoms in total. The second-order valence-corrected chi connectivity index (χ2v) is 17.4. The summed E-state index contributed by atoms with van der Waals surface area (Å²) in [5.41, 5.74) is 17.7. The summed E-state index contributed by atoms with van der Waals surface area (Å²) in [5.74, 6) is 0. The van der Waals surface area contributed by atoms with Crippen molar-refractivity contribution in [2.24, 2.45) is 0 Å². The second-order valence-electron chi connectivity index (χ2n) is 17.4. The lowest BCUT2D eigenvalue weighted by Gasteiger charge is -2.35. The van der Waals surface area contributed by atoms with Gasteiger partial charge in [-0.1, -0.05) is 231 Å². The molecule has 2 aromatic heterocycles. The molecule has 0 aliphatic heterocycles. The van der Waals surface area contributed by atoms with E-state index in [1.807, 2.05) is 0 Å². The zero-order chi connectivity index (χ0) is 44.3. The molecule has 0 saturated heterocycles. The van der Waals surface area contributed by atoms with Crippen LogP contribution in [0.5, 0.6) is 0 Å². The first-order chi connectivity index (χ1) is 33.3. The Morgan fingerprint density at radius 2 is 0.896 bits per heavy atom. The summed E-state index contributed by atoms with van der Waals surface area (Å²) >= 11 is 0. The average Bonchev–Trinajstić information content (AvgIpc) is 3.95. The van der Waals surface area contributed by atoms with E-state index >= 15 is 0 Å². The molecule has 13 rings (SSSR count). The van der Waals surface area contributed by atoms with Gasteiger partial charge in [-0.05, 0) is 74.7 Å². The molecule has 0 radical (unpaired) electrons. The van der Waals surface area contributed by atoms with Gasteiger partial charge >= 0.3 is 0 Å². The third-order valence-electron chi connectivity index (χ3n) is 13.9. The van der Waals surface area contributed by atoms with Gasteiger partial charge in [-0.2, -0.15) is 5.10 Å². The summed E-state index contributed by atoms with van der Waals surface area (Å²) < 4.78 is 2.19. The van der Waals surface area contributed by atoms with Crippen LogP contribution in [-0.2, 0) is 5.41 Å². The molecule has 0 amide bonds. The Balaban J connectivity index is 1.16. The van der Waals surface area contributed by atoms with Crippen LogP contribution < -0.4 is 4.90 Å². The first-order valence-corrected chi connectivity index (χ1v) is 23.1. The van der Waals surface area contributed by atoms with E-state index in [0.29, 0.717) is 0 Å². The van der Waals surface area contributed by atoms with Crippen molar-refractivity contribution in [3.63, 3.8) is 0 Å². The zero-order valence-electron chi connectivity index (χ0n) is 36.7. The fourth-order valence-electron chi connectivity index (χ4n) is 11.0. The van der Waals surface area contributed by atoms with Crippen LogP contribution in [0.2, 0.25) is 0 Å². The Bertz CT molecular complexity index is 3740. The second kappa shape index (κ2) is 15.7. The molecule has 67 heavy (non-hydrogen) atoms. The van der Waals surface area contributed by atoms with E-state index in [2.05, 4.69) is 270 Å². The molecule has 0 spiro atoms. The van der Waals surface area contributed by atoms with Crippen LogP contribution in [0.3, 0.4) is 0 Å². The van der Waals surface area contributed by atoms with E-state index < -0.39 is 5.41 Å². The van der Waals surface area contributed by atoms with Crippen LogP contribution in [0.15, 0.2) is 261 Å². The Morgan fingerprint density at radius 1 is 0.373 bits per heavy atom. The number of hydrogen-bond acceptors (Lipinski definition) is 2. The molecular weight excluding hydrogens is 811 g/mol. The maximum atomic E-state index is 5.55. The van der Waals surface area contributed by atoms with Gasteiger partial charge in [0.2, 0.25) is 0 Å². The molecule has 0 atom stereocenters. The van der Waals surface area contributed by atoms with Gasteiger partial charge in [0.15, 0.2) is 0 Å². The minimum Gasteiger partial charge on any atom is -0.309 e. The lowest BCUT2D eigenvalue weighted by molar-refractivity contribution is 0.768. The van der Waals surface area contributed by atoms with Crippen molar-refractivity contribution in [3.05, 3.63) is 283 Å². The molecule has 314 valence electrons. The van der Waals surface area contributed by atoms with Gasteiger partial charge in [0.05, 0.1) is 28.0 Å². The Morgan fingerprint density at radius 3 is 1.60 bits per heavy atom. The van der Waals surface area contributed by atoms with E-state index in [1.54, 1.807) is 0 Å². The highest BCUT2D eigenvalue weighted by Crippen LogP contribution is 2.58. The van der Waals surface area contributed by atoms with Gasteiger partial charge in [0, 0.05) is 38.5 Å². The number of hydrogen-bond donors (Lipinski definition) is 0. The molecule has 2 heterocycles. The molecule has 0 unspecified atom stereocenters. The Kier molecular flexibility index (Phi) is 9.07. The minimum absolute atomic E-state index is 0.559. The summed E-state index contributed by atoms with van der Waals surface area (Å²) in [6.07, 6.45) is 0. The molecule has 3 heteroatoms. The minimum atomic E-state index is -0.559. The van der Waals surface area contributed by atoms with Gasteiger partial charge < -0.3 is 4.90 Å². The summed E-state index contributed by atoms with van der Waals surface area (Å²) in [5, 5.41) is 10.2. The normalized spacial score (nSPS) is 12.6. The summed E-state index contributed by atoms with van der Waals surface area (Å²) in [7, 11) is 0. The van der Waals surface area contributed by atoms with E-state index in [-0.39, 0.29) is 0 Å². The summed E-state index contributed by atoms with van der Waals surface area (Å²) in [6.45, 7) is 0. The Hall–Kier alpha value is -8.79. The molecule has 0 bridgehead atoms. The highest BCUT2D eigenvalue weighted by molar-refractivity contribution is 6.14. The van der Waals surface area contributed by atoms with E-state index in [9.17, 15) is 0 Å². The van der Waals surface area contributed by atoms with Crippen LogP contribution in [0, 0.1) is 0 Å². The van der Waals surface area contributed by atoms with Crippen molar-refractivity contribution in [2.45, 2.75) is 5.41 Å². The first-order valence-electron chi connectivity index (χ1n) is 23.1. The van der Waals surface area contributed by atoms with E-state index in [4.69, 9.17) is 5.10 Å². The molecule has 10 aromatic carbocycles. The lowest BCUT2D eigenvalue weighted by atomic mass is 9.67. The number of nitrogens with zero attached hydrogens (tertiary/aromatic N) is 3. The molecule has 0 saturated carbocycles. The van der Waals surface area contributed by atoms with Crippen molar-refractivity contribution < 1.29 is 0 Å². The fourth-order valence-corrected chi connectivity index (χ4v) is 11.0. The quantitative estimate of drug-likeness (QED) is 0.152. The smallest absolute Gasteiger partial charge is 0.101 e. The van der Waals surface area contributed by atoms with Crippen LogP contribution in [0.25, 0.3) is 71.8 Å². The van der Waals surface area contributed by atoms with Gasteiger partial charge in [0.1, 0.15) is 5.69 Å². The molecule has 1 aliphatic rings. The SMILES string of the molecule is c1ccc(-c2nn3c(-c4ccccc4)cc4c(N(c5ccc6c(c5)C(c5ccccc5)(c5ccccc5)c5ccccc5-6)c5cccc6ccccc56)cccc4c3c2-c2ccccc2)cc1. The lowest BCUT2D eigenvalue weighted by Crippen LogP contribution is -2.28. The number of benzene rings is 10. The van der Waals surface area contributed by atoms with Gasteiger partial charge in [-0.25, -0.2) is 4.52 Å². The highest BCUT2D eigenvalue weighted by atomic mass is 15.2. The van der Waals surface area contributed by atoms with Crippen LogP contribution in [0.1, 0.15) is 22.3 Å². The molecule has 0 fully saturated rings. The molecule has 0 N–H and O–H groups in total. The maximum Gasteiger partial charge on any atom is 0.101 e. The van der Waals surface area contributed by atoms with Crippen LogP contribution in [0.4, 0.5) is 17.1 Å². The number of aromatic nitrogens is 2. The predicted molar refractivity (Wildman–Crippen MR) is 278 cm³/mol. The summed E-state index contributed by atoms with van der Waals surface area (Å²) in [4.78, 5) is 2.51. The van der Waals surface area contributed by atoms with Crippen molar-refractivity contribution in [1.29, 1.82) is 0 Å². The number of rotatable bonds is 8. The first kappa shape index (κ1) is 38.6. The van der Waals surface area contributed by atoms with Crippen molar-refractivity contribution in [3.8, 4) is 44.8 Å². The largest absolute Gasteiger partial charge is 0.309 e. The monoisotopic (exact) mass is 853 g/mol. The van der Waals surface area contributed by atoms with Crippen molar-refractivity contribution in [2.75, 3.05) is 4.90 Å². The van der Waals surface area contributed by atoms with Crippen LogP contribution >= 0.6 is 0 Å². The van der Waals surface area contributed by atoms with Gasteiger partial charge in [0.25, 0.3) is 0 Å². The maximum absolute atomic E-state index is 5.55. The van der Waals surface area contributed by atoms with Crippen molar-refractivity contribution >= 4 is 44.1 Å². The van der Waals surface area contributed by atoms with E-state index in [0.717, 1.165) is 67.0 Å². The van der Waals surface area contributed by atoms with Gasteiger partial charge in [-0.15, -0.1) is 0 Å². The fraction of sp³-hybridized carbons (Fsp3) is 0.0156. The van der Waals surface area contributed by atoms with Crippen LogP contribution in [-0.4, -0.2) is 9.61 Å². The zero-order valence-corrected chi connectivity index (χ0v) is 36.7. The topological polar surface area (TPSA) is 20.5 Å². The molecular formula is C64H43N3. The third kappa shape index (κ3) is 6.02. The highest BCUT2D eigenvalue weighted by Gasteiger charge is 2.46. The number of pyridine rings is 1.